The van der Waals surface area contributed by atoms with E-state index in [0.29, 0.717) is 23.0 Å². The Bertz CT molecular complexity index is 964. The van der Waals surface area contributed by atoms with Gasteiger partial charge in [0.2, 0.25) is 5.88 Å². The fourth-order valence-corrected chi connectivity index (χ4v) is 2.35. The van der Waals surface area contributed by atoms with Gasteiger partial charge >= 0.3 is 6.36 Å². The fraction of sp³-hybridized carbons (Fsp3) is 0.167. The van der Waals surface area contributed by atoms with Crippen LogP contribution >= 0.6 is 0 Å². The largest absolute Gasteiger partial charge is 0.573 e. The number of hydrogen-bond donors (Lipinski definition) is 1. The second-order valence-electron chi connectivity index (χ2n) is 5.73. The Hall–Kier alpha value is -3.56. The number of halogens is 3. The first kappa shape index (κ1) is 19.2. The first-order chi connectivity index (χ1) is 13.2. The number of nitrogens with two attached hydrogens (primary N) is 1. The normalized spacial score (nSPS) is 11.2. The lowest BCUT2D eigenvalue weighted by Crippen LogP contribution is -2.17. The summed E-state index contributed by atoms with van der Waals surface area (Å²) in [6, 6.07) is 8.48. The summed E-state index contributed by atoms with van der Waals surface area (Å²) in [5, 5.41) is 0. The van der Waals surface area contributed by atoms with Gasteiger partial charge in [-0.05, 0) is 25.1 Å². The molecule has 0 saturated heterocycles. The van der Waals surface area contributed by atoms with Crippen molar-refractivity contribution in [1.29, 1.82) is 0 Å². The average molecular weight is 391 g/mol. The molecule has 146 valence electrons. The molecule has 2 heterocycles. The van der Waals surface area contributed by atoms with Crippen LogP contribution in [0.5, 0.6) is 17.4 Å². The van der Waals surface area contributed by atoms with Gasteiger partial charge in [-0.3, -0.25) is 0 Å². The second-order valence-corrected chi connectivity index (χ2v) is 5.73. The Morgan fingerprint density at radius 3 is 2.46 bits per heavy atom. The second kappa shape index (κ2) is 7.59. The third-order valence-electron chi connectivity index (χ3n) is 3.60. The summed E-state index contributed by atoms with van der Waals surface area (Å²) < 4.78 is 46.3. The van der Waals surface area contributed by atoms with Gasteiger partial charge in [0.25, 0.3) is 0 Å². The van der Waals surface area contributed by atoms with Gasteiger partial charge in [0.1, 0.15) is 17.3 Å². The van der Waals surface area contributed by atoms with Crippen LogP contribution in [0, 0.1) is 6.92 Å². The SMILES string of the molecule is Cc1ncc(N)c(N(C)c2ccc(Oc3cccc(OC(F)(F)F)c3)nc2)n1. The number of anilines is 3. The molecular formula is C18H16F3N5O2. The van der Waals surface area contributed by atoms with E-state index in [4.69, 9.17) is 10.5 Å². The molecule has 7 nitrogen and oxygen atoms in total. The van der Waals surface area contributed by atoms with Crippen LogP contribution in [-0.2, 0) is 0 Å². The summed E-state index contributed by atoms with van der Waals surface area (Å²) in [5.74, 6) is 1.08. The number of ether oxygens (including phenoxy) is 2. The van der Waals surface area contributed by atoms with E-state index in [1.165, 1.54) is 30.6 Å². The molecule has 1 aromatic carbocycles. The van der Waals surface area contributed by atoms with E-state index in [1.54, 1.807) is 31.0 Å². The molecule has 0 saturated carbocycles. The van der Waals surface area contributed by atoms with Crippen LogP contribution in [0.4, 0.5) is 30.4 Å². The van der Waals surface area contributed by atoms with Gasteiger partial charge in [0, 0.05) is 19.2 Å². The molecule has 0 amide bonds. The van der Waals surface area contributed by atoms with Crippen LogP contribution < -0.4 is 20.1 Å². The molecule has 3 rings (SSSR count). The quantitative estimate of drug-likeness (QED) is 0.697. The molecule has 0 fully saturated rings. The summed E-state index contributed by atoms with van der Waals surface area (Å²) in [5.41, 5.74) is 7.01. The zero-order chi connectivity index (χ0) is 20.3. The Balaban J connectivity index is 1.74. The third kappa shape index (κ3) is 4.78. The highest BCUT2D eigenvalue weighted by molar-refractivity contribution is 5.69. The smallest absolute Gasteiger partial charge is 0.439 e. The molecule has 0 bridgehead atoms. The molecule has 2 N–H and O–H groups in total. The van der Waals surface area contributed by atoms with Gasteiger partial charge in [0.15, 0.2) is 5.82 Å². The van der Waals surface area contributed by atoms with E-state index in [0.717, 1.165) is 6.07 Å². The monoisotopic (exact) mass is 391 g/mol. The summed E-state index contributed by atoms with van der Waals surface area (Å²) in [7, 11) is 1.77. The Morgan fingerprint density at radius 2 is 1.79 bits per heavy atom. The number of aryl methyl sites for hydroxylation is 1. The number of nitrogen functional groups attached to an aromatic ring is 1. The van der Waals surface area contributed by atoms with Crippen LogP contribution in [0.15, 0.2) is 48.8 Å². The molecule has 0 radical (unpaired) electrons. The van der Waals surface area contributed by atoms with Gasteiger partial charge in [-0.15, -0.1) is 13.2 Å². The highest BCUT2D eigenvalue weighted by atomic mass is 19.4. The Kier molecular flexibility index (Phi) is 5.21. The number of aromatic nitrogens is 3. The summed E-state index contributed by atoms with van der Waals surface area (Å²) in [6.45, 7) is 1.75. The highest BCUT2D eigenvalue weighted by Crippen LogP contribution is 2.30. The lowest BCUT2D eigenvalue weighted by molar-refractivity contribution is -0.274. The minimum atomic E-state index is -4.77. The minimum absolute atomic E-state index is 0.158. The zero-order valence-corrected chi connectivity index (χ0v) is 14.9. The van der Waals surface area contributed by atoms with E-state index in [1.807, 2.05) is 0 Å². The number of hydrogen-bond acceptors (Lipinski definition) is 7. The Morgan fingerprint density at radius 1 is 1.04 bits per heavy atom. The first-order valence-electron chi connectivity index (χ1n) is 8.04. The molecule has 0 aliphatic carbocycles. The minimum Gasteiger partial charge on any atom is -0.439 e. The molecule has 0 aliphatic heterocycles. The van der Waals surface area contributed by atoms with Crippen LogP contribution in [0.1, 0.15) is 5.82 Å². The van der Waals surface area contributed by atoms with E-state index >= 15 is 0 Å². The summed E-state index contributed by atoms with van der Waals surface area (Å²) >= 11 is 0. The zero-order valence-electron chi connectivity index (χ0n) is 14.9. The number of nitrogens with zero attached hydrogens (tertiary/aromatic N) is 4. The van der Waals surface area contributed by atoms with Crippen molar-refractivity contribution in [3.05, 3.63) is 54.6 Å². The lowest BCUT2D eigenvalue weighted by atomic mass is 10.3. The van der Waals surface area contributed by atoms with E-state index in [-0.39, 0.29) is 17.4 Å². The molecule has 2 aromatic heterocycles. The molecule has 28 heavy (non-hydrogen) atoms. The predicted molar refractivity (Wildman–Crippen MR) is 96.7 cm³/mol. The van der Waals surface area contributed by atoms with Crippen molar-refractivity contribution < 1.29 is 22.6 Å². The molecule has 0 spiro atoms. The fourth-order valence-electron chi connectivity index (χ4n) is 2.35. The number of benzene rings is 1. The van der Waals surface area contributed by atoms with Gasteiger partial charge in [-0.2, -0.15) is 0 Å². The first-order valence-corrected chi connectivity index (χ1v) is 8.04. The maximum absolute atomic E-state index is 12.3. The predicted octanol–water partition coefficient (Wildman–Crippen LogP) is 4.22. The maximum atomic E-state index is 12.3. The molecular weight excluding hydrogens is 375 g/mol. The van der Waals surface area contributed by atoms with Crippen molar-refractivity contribution in [3.8, 4) is 17.4 Å². The summed E-state index contributed by atoms with van der Waals surface area (Å²) in [6.07, 6.45) is -1.72. The molecule has 0 aliphatic rings. The van der Waals surface area contributed by atoms with Crippen LogP contribution in [0.25, 0.3) is 0 Å². The standard InChI is InChI=1S/C18H16F3N5O2/c1-11-23-10-15(22)17(25-11)26(2)12-6-7-16(24-9-12)27-13-4-3-5-14(8-13)28-18(19,20)21/h3-10H,22H2,1-2H3. The van der Waals surface area contributed by atoms with Crippen LogP contribution in [0.2, 0.25) is 0 Å². The molecule has 3 aromatic rings. The summed E-state index contributed by atoms with van der Waals surface area (Å²) in [4.78, 5) is 14.2. The van der Waals surface area contributed by atoms with Crippen molar-refractivity contribution in [2.24, 2.45) is 0 Å². The molecule has 0 atom stereocenters. The highest BCUT2D eigenvalue weighted by Gasteiger charge is 2.31. The van der Waals surface area contributed by atoms with E-state index in [2.05, 4.69) is 19.7 Å². The average Bonchev–Trinajstić information content (AvgIpc) is 2.63. The van der Waals surface area contributed by atoms with Crippen LogP contribution in [0.3, 0.4) is 0 Å². The van der Waals surface area contributed by atoms with Crippen molar-refractivity contribution in [1.82, 2.24) is 15.0 Å². The number of alkyl halides is 3. The van der Waals surface area contributed by atoms with Gasteiger partial charge in [0.05, 0.1) is 23.8 Å². The van der Waals surface area contributed by atoms with Crippen molar-refractivity contribution >= 4 is 17.2 Å². The third-order valence-corrected chi connectivity index (χ3v) is 3.60. The van der Waals surface area contributed by atoms with Crippen molar-refractivity contribution in [3.63, 3.8) is 0 Å². The Labute approximate surface area is 158 Å². The molecule has 10 heteroatoms. The number of rotatable bonds is 5. The van der Waals surface area contributed by atoms with Crippen molar-refractivity contribution in [2.75, 3.05) is 17.7 Å². The van der Waals surface area contributed by atoms with E-state index < -0.39 is 6.36 Å². The van der Waals surface area contributed by atoms with Gasteiger partial charge < -0.3 is 20.1 Å². The van der Waals surface area contributed by atoms with Gasteiger partial charge in [-0.25, -0.2) is 15.0 Å². The lowest BCUT2D eigenvalue weighted by Gasteiger charge is -2.19. The van der Waals surface area contributed by atoms with Crippen molar-refractivity contribution in [2.45, 2.75) is 13.3 Å². The van der Waals surface area contributed by atoms with Crippen LogP contribution in [-0.4, -0.2) is 28.4 Å². The topological polar surface area (TPSA) is 86.4 Å². The van der Waals surface area contributed by atoms with Gasteiger partial charge in [-0.1, -0.05) is 6.07 Å². The maximum Gasteiger partial charge on any atom is 0.573 e. The number of pyridine rings is 1. The molecule has 0 unspecified atom stereocenters. The van der Waals surface area contributed by atoms with E-state index in [9.17, 15) is 13.2 Å².